The van der Waals surface area contributed by atoms with E-state index in [1.807, 2.05) is 25.1 Å². The predicted molar refractivity (Wildman–Crippen MR) is 60.5 cm³/mol. The molecule has 16 heavy (non-hydrogen) atoms. The number of methoxy groups -OCH3 is 1. The van der Waals surface area contributed by atoms with E-state index in [-0.39, 0.29) is 12.1 Å². The van der Waals surface area contributed by atoms with E-state index >= 15 is 0 Å². The third-order valence-corrected chi connectivity index (χ3v) is 3.07. The van der Waals surface area contributed by atoms with Crippen LogP contribution in [0, 0.1) is 0 Å². The molecule has 1 heterocycles. The molecular formula is C12H13ClO3. The van der Waals surface area contributed by atoms with Crippen LogP contribution >= 0.6 is 11.6 Å². The zero-order chi connectivity index (χ0) is 11.7. The topological polar surface area (TPSA) is 35.5 Å². The van der Waals surface area contributed by atoms with Crippen LogP contribution in [-0.4, -0.2) is 19.2 Å². The second kappa shape index (κ2) is 4.44. The Bertz CT molecular complexity index is 417. The summed E-state index contributed by atoms with van der Waals surface area (Å²) in [5, 5.41) is 0.682. The molecule has 0 saturated heterocycles. The monoisotopic (exact) mass is 240 g/mol. The lowest BCUT2D eigenvalue weighted by Gasteiger charge is -2.29. The van der Waals surface area contributed by atoms with Gasteiger partial charge in [-0.2, -0.15) is 0 Å². The molecule has 0 spiro atoms. The molecule has 86 valence electrons. The number of hydrogen-bond donors (Lipinski definition) is 0. The van der Waals surface area contributed by atoms with E-state index in [4.69, 9.17) is 21.1 Å². The summed E-state index contributed by atoms with van der Waals surface area (Å²) < 4.78 is 10.3. The summed E-state index contributed by atoms with van der Waals surface area (Å²) in [6.45, 7) is 1.92. The van der Waals surface area contributed by atoms with E-state index in [1.54, 1.807) is 0 Å². The zero-order valence-corrected chi connectivity index (χ0v) is 9.95. The summed E-state index contributed by atoms with van der Waals surface area (Å²) in [4.78, 5) is 11.6. The van der Waals surface area contributed by atoms with Gasteiger partial charge in [-0.3, -0.25) is 0 Å². The number of ether oxygens (including phenoxy) is 2. The van der Waals surface area contributed by atoms with Crippen molar-refractivity contribution in [1.82, 2.24) is 0 Å². The molecule has 0 bridgehead atoms. The van der Waals surface area contributed by atoms with Gasteiger partial charge < -0.3 is 9.47 Å². The number of esters is 1. The van der Waals surface area contributed by atoms with Gasteiger partial charge in [0.2, 0.25) is 0 Å². The standard InChI is InChI=1S/C12H13ClO3/c1-7-6-9-8(4-3-5-10(9)13)11(16-7)12(14)15-2/h3-5,7,11H,6H2,1-2H3. The number of hydrogen-bond acceptors (Lipinski definition) is 3. The second-order valence-corrected chi connectivity index (χ2v) is 4.27. The van der Waals surface area contributed by atoms with Crippen LogP contribution in [0.25, 0.3) is 0 Å². The van der Waals surface area contributed by atoms with Crippen LogP contribution in [0.3, 0.4) is 0 Å². The van der Waals surface area contributed by atoms with Crippen molar-refractivity contribution in [2.24, 2.45) is 0 Å². The van der Waals surface area contributed by atoms with Crippen molar-refractivity contribution >= 4 is 17.6 Å². The van der Waals surface area contributed by atoms with Gasteiger partial charge >= 0.3 is 5.97 Å². The van der Waals surface area contributed by atoms with E-state index in [9.17, 15) is 4.79 Å². The highest BCUT2D eigenvalue weighted by Crippen LogP contribution is 2.34. The van der Waals surface area contributed by atoms with Crippen molar-refractivity contribution in [2.75, 3.05) is 7.11 Å². The first-order valence-corrected chi connectivity index (χ1v) is 5.52. The molecule has 2 unspecified atom stereocenters. The maximum atomic E-state index is 11.6. The van der Waals surface area contributed by atoms with E-state index in [0.29, 0.717) is 5.02 Å². The number of halogens is 1. The Kier molecular flexibility index (Phi) is 3.17. The van der Waals surface area contributed by atoms with Crippen LogP contribution in [0.2, 0.25) is 5.02 Å². The number of carbonyl (C=O) groups is 1. The van der Waals surface area contributed by atoms with Crippen LogP contribution in [-0.2, 0) is 20.7 Å². The van der Waals surface area contributed by atoms with Crippen molar-refractivity contribution in [1.29, 1.82) is 0 Å². The summed E-state index contributed by atoms with van der Waals surface area (Å²) in [7, 11) is 1.36. The highest BCUT2D eigenvalue weighted by Gasteiger charge is 2.32. The lowest BCUT2D eigenvalue weighted by Crippen LogP contribution is -2.29. The SMILES string of the molecule is COC(=O)C1OC(C)Cc2c(Cl)cccc21. The van der Waals surface area contributed by atoms with E-state index in [2.05, 4.69) is 0 Å². The summed E-state index contributed by atoms with van der Waals surface area (Å²) in [5.74, 6) is -0.380. The molecule has 3 nitrogen and oxygen atoms in total. The molecule has 1 aromatic carbocycles. The highest BCUT2D eigenvalue weighted by atomic mass is 35.5. The minimum Gasteiger partial charge on any atom is -0.467 e. The van der Waals surface area contributed by atoms with E-state index in [1.165, 1.54) is 7.11 Å². The Hall–Kier alpha value is -1.06. The quantitative estimate of drug-likeness (QED) is 0.708. The number of carbonyl (C=O) groups excluding carboxylic acids is 1. The Morgan fingerprint density at radius 3 is 3.00 bits per heavy atom. The van der Waals surface area contributed by atoms with Crippen molar-refractivity contribution in [3.8, 4) is 0 Å². The third kappa shape index (κ3) is 1.93. The fraction of sp³-hybridized carbons (Fsp3) is 0.417. The maximum Gasteiger partial charge on any atom is 0.339 e. The fourth-order valence-electron chi connectivity index (χ4n) is 1.97. The molecule has 0 aromatic heterocycles. The predicted octanol–water partition coefficient (Wildman–Crippen LogP) is 2.52. The molecule has 0 amide bonds. The van der Waals surface area contributed by atoms with Crippen LogP contribution in [0.1, 0.15) is 24.2 Å². The van der Waals surface area contributed by atoms with E-state index < -0.39 is 6.10 Å². The Labute approximate surface area is 99.3 Å². The van der Waals surface area contributed by atoms with Crippen molar-refractivity contribution in [3.63, 3.8) is 0 Å². The van der Waals surface area contributed by atoms with Crippen LogP contribution in [0.15, 0.2) is 18.2 Å². The fourth-order valence-corrected chi connectivity index (χ4v) is 2.23. The molecule has 0 N–H and O–H groups in total. The molecule has 1 aromatic rings. The molecule has 1 aliphatic heterocycles. The van der Waals surface area contributed by atoms with Gasteiger partial charge in [0.05, 0.1) is 13.2 Å². The first-order valence-electron chi connectivity index (χ1n) is 5.14. The van der Waals surface area contributed by atoms with Crippen LogP contribution in [0.5, 0.6) is 0 Å². The molecule has 4 heteroatoms. The van der Waals surface area contributed by atoms with Gasteiger partial charge in [-0.25, -0.2) is 4.79 Å². The van der Waals surface area contributed by atoms with Crippen molar-refractivity contribution in [2.45, 2.75) is 25.6 Å². The Morgan fingerprint density at radius 2 is 2.31 bits per heavy atom. The van der Waals surface area contributed by atoms with Gasteiger partial charge in [-0.05, 0) is 24.1 Å². The van der Waals surface area contributed by atoms with Crippen molar-refractivity contribution < 1.29 is 14.3 Å². The number of fused-ring (bicyclic) bond motifs is 1. The average Bonchev–Trinajstić information content (AvgIpc) is 2.28. The summed E-state index contributed by atoms with van der Waals surface area (Å²) in [6.07, 6.45) is 0.0432. The largest absolute Gasteiger partial charge is 0.467 e. The maximum absolute atomic E-state index is 11.6. The third-order valence-electron chi connectivity index (χ3n) is 2.71. The molecule has 2 atom stereocenters. The Balaban J connectivity index is 2.46. The smallest absolute Gasteiger partial charge is 0.339 e. The first kappa shape index (κ1) is 11.4. The first-order chi connectivity index (χ1) is 7.63. The molecule has 1 aliphatic rings. The minimum absolute atomic E-state index is 0.0310. The van der Waals surface area contributed by atoms with Crippen molar-refractivity contribution in [3.05, 3.63) is 34.3 Å². The Morgan fingerprint density at radius 1 is 1.56 bits per heavy atom. The summed E-state index contributed by atoms with van der Waals surface area (Å²) in [6, 6.07) is 5.50. The summed E-state index contributed by atoms with van der Waals surface area (Å²) in [5.41, 5.74) is 1.80. The summed E-state index contributed by atoms with van der Waals surface area (Å²) >= 11 is 6.11. The zero-order valence-electron chi connectivity index (χ0n) is 9.20. The van der Waals surface area contributed by atoms with Gasteiger partial charge in [-0.1, -0.05) is 23.7 Å². The molecule has 0 radical (unpaired) electrons. The lowest BCUT2D eigenvalue weighted by molar-refractivity contribution is -0.159. The molecule has 2 rings (SSSR count). The van der Waals surface area contributed by atoms with Gasteiger partial charge in [0.1, 0.15) is 0 Å². The highest BCUT2D eigenvalue weighted by molar-refractivity contribution is 6.31. The van der Waals surface area contributed by atoms with Crippen LogP contribution < -0.4 is 0 Å². The number of benzene rings is 1. The van der Waals surface area contributed by atoms with Gasteiger partial charge in [0, 0.05) is 11.4 Å². The average molecular weight is 241 g/mol. The molecule has 0 aliphatic carbocycles. The lowest BCUT2D eigenvalue weighted by atomic mass is 9.94. The molecule has 0 fully saturated rings. The normalized spacial score (nSPS) is 23.7. The molecule has 0 saturated carbocycles. The van der Waals surface area contributed by atoms with Crippen LogP contribution in [0.4, 0.5) is 0 Å². The van der Waals surface area contributed by atoms with E-state index in [0.717, 1.165) is 17.5 Å². The van der Waals surface area contributed by atoms with Gasteiger partial charge in [0.25, 0.3) is 0 Å². The number of rotatable bonds is 1. The minimum atomic E-state index is -0.651. The molecular weight excluding hydrogens is 228 g/mol. The van der Waals surface area contributed by atoms with Gasteiger partial charge in [0.15, 0.2) is 6.10 Å². The van der Waals surface area contributed by atoms with Gasteiger partial charge in [-0.15, -0.1) is 0 Å². The second-order valence-electron chi connectivity index (χ2n) is 3.86.